The van der Waals surface area contributed by atoms with Crippen LogP contribution in [0, 0.1) is 11.8 Å². The monoisotopic (exact) mass is 292 g/mol. The summed E-state index contributed by atoms with van der Waals surface area (Å²) in [5.41, 5.74) is 0.560. The molecule has 112 valence electrons. The molecule has 1 amide bonds. The number of carboxylic acid groups (broad SMARTS) is 2. The van der Waals surface area contributed by atoms with Crippen LogP contribution in [0.15, 0.2) is 36.6 Å². The van der Waals surface area contributed by atoms with Crippen molar-refractivity contribution in [3.63, 3.8) is 0 Å². The van der Waals surface area contributed by atoms with Gasteiger partial charge in [0.1, 0.15) is 5.92 Å². The van der Waals surface area contributed by atoms with Crippen LogP contribution >= 0.6 is 0 Å². The number of hydrogen-bond donors (Lipinski definition) is 2. The van der Waals surface area contributed by atoms with E-state index in [1.165, 1.54) is 17.2 Å². The van der Waals surface area contributed by atoms with Crippen LogP contribution in [-0.4, -0.2) is 51.2 Å². The van der Waals surface area contributed by atoms with Gasteiger partial charge in [-0.25, -0.2) is 10.0 Å². The quantitative estimate of drug-likeness (QED) is 0.691. The van der Waals surface area contributed by atoms with Crippen molar-refractivity contribution in [1.82, 2.24) is 10.0 Å². The van der Waals surface area contributed by atoms with Gasteiger partial charge in [-0.05, 0) is 5.57 Å². The predicted molar refractivity (Wildman–Crippen MR) is 72.7 cm³/mol. The number of rotatable bonds is 6. The van der Waals surface area contributed by atoms with Gasteiger partial charge in [0.15, 0.2) is 0 Å². The Hall–Kier alpha value is -2.41. The summed E-state index contributed by atoms with van der Waals surface area (Å²) in [5.74, 6) is -4.69. The van der Waals surface area contributed by atoms with Crippen LogP contribution in [-0.2, 0) is 14.4 Å². The molecule has 7 heteroatoms. The molecule has 0 spiro atoms. The third kappa shape index (κ3) is 2.36. The predicted octanol–water partition coefficient (Wildman–Crippen LogP) is 0.477. The van der Waals surface area contributed by atoms with Crippen molar-refractivity contribution >= 4 is 17.8 Å². The summed E-state index contributed by atoms with van der Waals surface area (Å²) in [6.45, 7) is 7.63. The number of amides is 1. The second kappa shape index (κ2) is 5.53. The van der Waals surface area contributed by atoms with Gasteiger partial charge in [-0.15, -0.1) is 13.2 Å². The minimum Gasteiger partial charge on any atom is -0.481 e. The van der Waals surface area contributed by atoms with E-state index < -0.39 is 23.8 Å². The maximum atomic E-state index is 12.0. The summed E-state index contributed by atoms with van der Waals surface area (Å²) < 4.78 is 0. The third-order valence-corrected chi connectivity index (χ3v) is 3.69. The first-order chi connectivity index (χ1) is 9.92. The summed E-state index contributed by atoms with van der Waals surface area (Å²) in [6.07, 6.45) is 2.73. The minimum atomic E-state index is -1.17. The summed E-state index contributed by atoms with van der Waals surface area (Å²) in [6, 6.07) is 0. The largest absolute Gasteiger partial charge is 0.481 e. The molecule has 2 atom stereocenters. The first kappa shape index (κ1) is 15.0. The minimum absolute atomic E-state index is 0.187. The Morgan fingerprint density at radius 3 is 2.19 bits per heavy atom. The van der Waals surface area contributed by atoms with Crippen molar-refractivity contribution in [2.24, 2.45) is 11.8 Å². The molecule has 2 heterocycles. The molecule has 21 heavy (non-hydrogen) atoms. The molecule has 0 aromatic rings. The number of carboxylic acids is 2. The number of fused-ring (bicyclic) bond motifs is 1. The van der Waals surface area contributed by atoms with Gasteiger partial charge < -0.3 is 10.2 Å². The van der Waals surface area contributed by atoms with Gasteiger partial charge in [0.25, 0.3) is 0 Å². The molecule has 7 nitrogen and oxygen atoms in total. The van der Waals surface area contributed by atoms with E-state index in [9.17, 15) is 24.6 Å². The second-order valence-electron chi connectivity index (χ2n) is 4.86. The molecule has 2 aliphatic rings. The Morgan fingerprint density at radius 2 is 1.71 bits per heavy atom. The van der Waals surface area contributed by atoms with E-state index in [1.807, 2.05) is 0 Å². The average molecular weight is 292 g/mol. The van der Waals surface area contributed by atoms with Gasteiger partial charge >= 0.3 is 11.9 Å². The Labute approximate surface area is 121 Å². The molecule has 1 fully saturated rings. The van der Waals surface area contributed by atoms with E-state index in [2.05, 4.69) is 13.2 Å². The van der Waals surface area contributed by atoms with Crippen LogP contribution in [0.25, 0.3) is 0 Å². The zero-order valence-electron chi connectivity index (χ0n) is 11.4. The van der Waals surface area contributed by atoms with Crippen molar-refractivity contribution in [3.05, 3.63) is 36.6 Å². The number of carbonyl (C=O) groups is 3. The lowest BCUT2D eigenvalue weighted by Crippen LogP contribution is -2.36. The van der Waals surface area contributed by atoms with E-state index in [0.29, 0.717) is 12.1 Å². The molecule has 1 saturated heterocycles. The first-order valence-electron chi connectivity index (χ1n) is 6.43. The maximum Gasteiger partial charge on any atom is 0.316 e. The number of aliphatic carboxylic acids is 2. The topological polar surface area (TPSA) is 98.1 Å². The molecule has 2 unspecified atom stereocenters. The van der Waals surface area contributed by atoms with Crippen molar-refractivity contribution in [2.45, 2.75) is 6.42 Å². The Balaban J connectivity index is 2.57. The highest BCUT2D eigenvalue weighted by Gasteiger charge is 2.45. The molecule has 2 aliphatic heterocycles. The fraction of sp³-hybridized carbons (Fsp3) is 0.357. The number of hydrogen-bond acceptors (Lipinski definition) is 4. The van der Waals surface area contributed by atoms with Crippen molar-refractivity contribution < 1.29 is 24.6 Å². The van der Waals surface area contributed by atoms with E-state index >= 15 is 0 Å². The van der Waals surface area contributed by atoms with Crippen LogP contribution in [0.3, 0.4) is 0 Å². The van der Waals surface area contributed by atoms with Gasteiger partial charge in [-0.2, -0.15) is 0 Å². The molecule has 2 rings (SSSR count). The van der Waals surface area contributed by atoms with Crippen LogP contribution < -0.4 is 0 Å². The standard InChI is InChI=1S/C14H16N2O5/c1-3-8(13(18)19)10-7-15-6-5-11(17)16(15)12(10)9(4-2)14(20)21/h3-4,8-9H,1-2,5-7H2,(H,18,19)(H,20,21). The van der Waals surface area contributed by atoms with Gasteiger partial charge in [0.05, 0.1) is 11.6 Å². The van der Waals surface area contributed by atoms with E-state index in [-0.39, 0.29) is 24.6 Å². The molecule has 0 radical (unpaired) electrons. The third-order valence-electron chi connectivity index (χ3n) is 3.69. The van der Waals surface area contributed by atoms with Crippen LogP contribution in [0.4, 0.5) is 0 Å². The van der Waals surface area contributed by atoms with Crippen molar-refractivity contribution in [2.75, 3.05) is 13.1 Å². The Kier molecular flexibility index (Phi) is 3.95. The number of hydrazine groups is 1. The number of carbonyl (C=O) groups excluding carboxylic acids is 1. The highest BCUT2D eigenvalue weighted by atomic mass is 16.4. The van der Waals surface area contributed by atoms with Gasteiger partial charge in [-0.3, -0.25) is 14.4 Å². The molecule has 2 N–H and O–H groups in total. The zero-order valence-corrected chi connectivity index (χ0v) is 11.4. The van der Waals surface area contributed by atoms with E-state index in [0.717, 1.165) is 0 Å². The molecule has 0 aromatic carbocycles. The fourth-order valence-corrected chi connectivity index (χ4v) is 2.75. The van der Waals surface area contributed by atoms with Crippen molar-refractivity contribution in [1.29, 1.82) is 0 Å². The maximum absolute atomic E-state index is 12.0. The van der Waals surface area contributed by atoms with Gasteiger partial charge in [0.2, 0.25) is 5.91 Å². The van der Waals surface area contributed by atoms with E-state index in [1.54, 1.807) is 5.01 Å². The first-order valence-corrected chi connectivity index (χ1v) is 6.43. The molecule has 0 aromatic heterocycles. The Morgan fingerprint density at radius 1 is 1.14 bits per heavy atom. The van der Waals surface area contributed by atoms with Crippen LogP contribution in [0.1, 0.15) is 6.42 Å². The molecule has 0 saturated carbocycles. The van der Waals surface area contributed by atoms with Crippen molar-refractivity contribution in [3.8, 4) is 0 Å². The van der Waals surface area contributed by atoms with Crippen LogP contribution in [0.5, 0.6) is 0 Å². The Bertz CT molecular complexity index is 566. The summed E-state index contributed by atoms with van der Waals surface area (Å²) in [5, 5.41) is 21.5. The van der Waals surface area contributed by atoms with Gasteiger partial charge in [-0.1, -0.05) is 12.2 Å². The van der Waals surface area contributed by atoms with Gasteiger partial charge in [0, 0.05) is 19.5 Å². The molecular formula is C14H16N2O5. The molecule has 0 bridgehead atoms. The second-order valence-corrected chi connectivity index (χ2v) is 4.86. The highest BCUT2D eigenvalue weighted by molar-refractivity contribution is 5.86. The lowest BCUT2D eigenvalue weighted by molar-refractivity contribution is -0.142. The van der Waals surface area contributed by atoms with Crippen LogP contribution in [0.2, 0.25) is 0 Å². The lowest BCUT2D eigenvalue weighted by Gasteiger charge is -2.24. The highest BCUT2D eigenvalue weighted by Crippen LogP contribution is 2.37. The average Bonchev–Trinajstić information content (AvgIpc) is 2.93. The smallest absolute Gasteiger partial charge is 0.316 e. The SMILES string of the molecule is C=CC(C(=O)O)C1=C(C(C=C)C(=O)O)N2C(=O)CCN2C1. The normalized spacial score (nSPS) is 21.1. The lowest BCUT2D eigenvalue weighted by atomic mass is 9.92. The zero-order chi connectivity index (χ0) is 15.7. The molecule has 0 aliphatic carbocycles. The summed E-state index contributed by atoms with van der Waals surface area (Å²) in [4.78, 5) is 34.7. The fourth-order valence-electron chi connectivity index (χ4n) is 2.75. The number of nitrogens with zero attached hydrogens (tertiary/aromatic N) is 2. The summed E-state index contributed by atoms with van der Waals surface area (Å²) in [7, 11) is 0. The molecular weight excluding hydrogens is 276 g/mol. The summed E-state index contributed by atoms with van der Waals surface area (Å²) >= 11 is 0. The van der Waals surface area contributed by atoms with E-state index in [4.69, 9.17) is 0 Å².